The maximum absolute atomic E-state index is 13.1. The van der Waals surface area contributed by atoms with E-state index in [2.05, 4.69) is 26.2 Å². The van der Waals surface area contributed by atoms with E-state index in [1.165, 1.54) is 7.11 Å². The summed E-state index contributed by atoms with van der Waals surface area (Å²) in [6.45, 7) is 0. The SMILES string of the molecule is COc1ccc(NC(=O)c2ccccc2-c2ncc(-c3ccc(Br)cc3)o2)c(OC)c1. The van der Waals surface area contributed by atoms with E-state index < -0.39 is 0 Å². The normalized spacial score (nSPS) is 10.5. The van der Waals surface area contributed by atoms with Crippen LogP contribution < -0.4 is 14.8 Å². The van der Waals surface area contributed by atoms with Gasteiger partial charge in [0.15, 0.2) is 5.76 Å². The number of methoxy groups -OCH3 is 2. The molecular weight excluding hydrogens is 460 g/mol. The smallest absolute Gasteiger partial charge is 0.256 e. The molecule has 4 rings (SSSR count). The summed E-state index contributed by atoms with van der Waals surface area (Å²) in [5.41, 5.74) is 2.46. The number of oxazole rings is 1. The maximum atomic E-state index is 13.1. The zero-order valence-corrected chi connectivity index (χ0v) is 18.5. The van der Waals surface area contributed by atoms with Crippen LogP contribution in [-0.2, 0) is 0 Å². The van der Waals surface area contributed by atoms with Crippen molar-refractivity contribution in [2.45, 2.75) is 0 Å². The van der Waals surface area contributed by atoms with Crippen molar-refractivity contribution in [1.82, 2.24) is 4.98 Å². The number of rotatable bonds is 6. The number of amides is 1. The standard InChI is InChI=1S/C24H19BrN2O4/c1-29-17-11-12-20(21(13-17)30-2)27-23(28)18-5-3-4-6-19(18)24-26-14-22(31-24)15-7-9-16(25)10-8-15/h3-14H,1-2H3,(H,27,28). The van der Waals surface area contributed by atoms with E-state index in [1.54, 1.807) is 49.7 Å². The third-order valence-electron chi connectivity index (χ3n) is 4.69. The van der Waals surface area contributed by atoms with E-state index in [4.69, 9.17) is 13.9 Å². The Morgan fingerprint density at radius 3 is 2.52 bits per heavy atom. The van der Waals surface area contributed by atoms with Gasteiger partial charge in [-0.3, -0.25) is 4.79 Å². The van der Waals surface area contributed by atoms with Gasteiger partial charge in [-0.25, -0.2) is 4.98 Å². The summed E-state index contributed by atoms with van der Waals surface area (Å²) in [5, 5.41) is 2.89. The zero-order valence-electron chi connectivity index (χ0n) is 16.9. The molecule has 0 bridgehead atoms. The molecule has 0 spiro atoms. The Bertz CT molecular complexity index is 1220. The average molecular weight is 479 g/mol. The number of anilines is 1. The van der Waals surface area contributed by atoms with E-state index >= 15 is 0 Å². The molecule has 0 saturated heterocycles. The van der Waals surface area contributed by atoms with Crippen LogP contribution in [0.15, 0.2) is 81.8 Å². The van der Waals surface area contributed by atoms with Gasteiger partial charge in [-0.1, -0.05) is 40.2 Å². The molecule has 1 heterocycles. The zero-order chi connectivity index (χ0) is 21.8. The molecule has 0 aliphatic carbocycles. The summed E-state index contributed by atoms with van der Waals surface area (Å²) in [6.07, 6.45) is 1.65. The van der Waals surface area contributed by atoms with E-state index in [0.29, 0.717) is 40.0 Å². The van der Waals surface area contributed by atoms with Gasteiger partial charge in [-0.15, -0.1) is 0 Å². The number of hydrogen-bond acceptors (Lipinski definition) is 5. The molecule has 1 N–H and O–H groups in total. The molecule has 156 valence electrons. The third kappa shape index (κ3) is 4.46. The van der Waals surface area contributed by atoms with Gasteiger partial charge in [-0.2, -0.15) is 0 Å². The second kappa shape index (κ2) is 9.06. The topological polar surface area (TPSA) is 73.6 Å². The summed E-state index contributed by atoms with van der Waals surface area (Å²) in [6, 6.07) is 20.1. The van der Waals surface area contributed by atoms with E-state index in [0.717, 1.165) is 10.0 Å². The van der Waals surface area contributed by atoms with Crippen molar-refractivity contribution in [2.24, 2.45) is 0 Å². The Labute approximate surface area is 188 Å². The number of carbonyl (C=O) groups excluding carboxylic acids is 1. The fourth-order valence-corrected chi connectivity index (χ4v) is 3.37. The minimum Gasteiger partial charge on any atom is -0.497 e. The first-order valence-corrected chi connectivity index (χ1v) is 10.2. The van der Waals surface area contributed by atoms with Gasteiger partial charge in [0.1, 0.15) is 11.5 Å². The lowest BCUT2D eigenvalue weighted by atomic mass is 10.1. The molecule has 0 saturated carbocycles. The first-order chi connectivity index (χ1) is 15.1. The molecule has 31 heavy (non-hydrogen) atoms. The third-order valence-corrected chi connectivity index (χ3v) is 5.22. The Hall–Kier alpha value is -3.58. The minimum atomic E-state index is -0.303. The molecule has 3 aromatic carbocycles. The Kier molecular flexibility index (Phi) is 6.04. The molecular formula is C24H19BrN2O4. The molecule has 0 unspecified atom stereocenters. The molecule has 4 aromatic rings. The summed E-state index contributed by atoms with van der Waals surface area (Å²) in [4.78, 5) is 17.5. The van der Waals surface area contributed by atoms with E-state index in [1.807, 2.05) is 30.3 Å². The van der Waals surface area contributed by atoms with Crippen LogP contribution in [0.3, 0.4) is 0 Å². The second-order valence-electron chi connectivity index (χ2n) is 6.60. The van der Waals surface area contributed by atoms with Gasteiger partial charge >= 0.3 is 0 Å². The van der Waals surface area contributed by atoms with Crippen molar-refractivity contribution in [2.75, 3.05) is 19.5 Å². The number of halogens is 1. The van der Waals surface area contributed by atoms with Gasteiger partial charge in [0.05, 0.1) is 31.7 Å². The number of hydrogen-bond donors (Lipinski definition) is 1. The number of nitrogens with zero attached hydrogens (tertiary/aromatic N) is 1. The molecule has 6 nitrogen and oxygen atoms in total. The molecule has 0 aliphatic heterocycles. The van der Waals surface area contributed by atoms with Crippen LogP contribution >= 0.6 is 15.9 Å². The van der Waals surface area contributed by atoms with Gasteiger partial charge in [-0.05, 0) is 36.4 Å². The largest absolute Gasteiger partial charge is 0.497 e. The first kappa shape index (κ1) is 20.7. The van der Waals surface area contributed by atoms with Crippen molar-refractivity contribution >= 4 is 27.5 Å². The van der Waals surface area contributed by atoms with Crippen LogP contribution in [-0.4, -0.2) is 25.1 Å². The number of carbonyl (C=O) groups is 1. The highest BCUT2D eigenvalue weighted by atomic mass is 79.9. The van der Waals surface area contributed by atoms with Crippen LogP contribution in [0.2, 0.25) is 0 Å². The molecule has 1 amide bonds. The van der Waals surface area contributed by atoms with Crippen molar-refractivity contribution < 1.29 is 18.7 Å². The molecule has 0 fully saturated rings. The Morgan fingerprint density at radius 1 is 1.00 bits per heavy atom. The van der Waals surface area contributed by atoms with Crippen molar-refractivity contribution in [1.29, 1.82) is 0 Å². The van der Waals surface area contributed by atoms with Gasteiger partial charge in [0.2, 0.25) is 5.89 Å². The molecule has 7 heteroatoms. The Morgan fingerprint density at radius 2 is 1.77 bits per heavy atom. The molecule has 1 aromatic heterocycles. The van der Waals surface area contributed by atoms with Gasteiger partial charge in [0.25, 0.3) is 5.91 Å². The van der Waals surface area contributed by atoms with Gasteiger partial charge < -0.3 is 19.2 Å². The molecule has 0 radical (unpaired) electrons. The molecule has 0 atom stereocenters. The van der Waals surface area contributed by atoms with Crippen LogP contribution in [0.5, 0.6) is 11.5 Å². The number of benzene rings is 3. The number of ether oxygens (including phenoxy) is 2. The van der Waals surface area contributed by atoms with Crippen molar-refractivity contribution in [3.8, 4) is 34.3 Å². The molecule has 0 aliphatic rings. The predicted octanol–water partition coefficient (Wildman–Crippen LogP) is 6.04. The lowest BCUT2D eigenvalue weighted by molar-refractivity contribution is 0.102. The van der Waals surface area contributed by atoms with E-state index in [9.17, 15) is 4.79 Å². The Balaban J connectivity index is 1.64. The summed E-state index contributed by atoms with van der Waals surface area (Å²) in [7, 11) is 3.11. The van der Waals surface area contributed by atoms with E-state index in [-0.39, 0.29) is 5.91 Å². The maximum Gasteiger partial charge on any atom is 0.256 e. The van der Waals surface area contributed by atoms with Crippen molar-refractivity contribution in [3.63, 3.8) is 0 Å². The van der Waals surface area contributed by atoms with Crippen LogP contribution in [0.4, 0.5) is 5.69 Å². The fourth-order valence-electron chi connectivity index (χ4n) is 3.11. The number of nitrogens with one attached hydrogen (secondary N) is 1. The quantitative estimate of drug-likeness (QED) is 0.365. The highest BCUT2D eigenvalue weighted by molar-refractivity contribution is 9.10. The van der Waals surface area contributed by atoms with Gasteiger partial charge in [0, 0.05) is 21.7 Å². The lowest BCUT2D eigenvalue weighted by Gasteiger charge is -2.12. The highest BCUT2D eigenvalue weighted by Crippen LogP contribution is 2.32. The second-order valence-corrected chi connectivity index (χ2v) is 7.52. The highest BCUT2D eigenvalue weighted by Gasteiger charge is 2.18. The van der Waals surface area contributed by atoms with Crippen LogP contribution in [0, 0.1) is 0 Å². The fraction of sp³-hybridized carbons (Fsp3) is 0.0833. The lowest BCUT2D eigenvalue weighted by Crippen LogP contribution is -2.14. The average Bonchev–Trinajstić information content (AvgIpc) is 3.30. The first-order valence-electron chi connectivity index (χ1n) is 9.43. The summed E-state index contributed by atoms with van der Waals surface area (Å²) in [5.74, 6) is 1.82. The monoisotopic (exact) mass is 478 g/mol. The van der Waals surface area contributed by atoms with Crippen molar-refractivity contribution in [3.05, 3.63) is 83.0 Å². The summed E-state index contributed by atoms with van der Waals surface area (Å²) < 4.78 is 17.5. The summed E-state index contributed by atoms with van der Waals surface area (Å²) >= 11 is 3.42. The van der Waals surface area contributed by atoms with Crippen LogP contribution in [0.1, 0.15) is 10.4 Å². The minimum absolute atomic E-state index is 0.303. The van der Waals surface area contributed by atoms with Crippen LogP contribution in [0.25, 0.3) is 22.8 Å². The number of aromatic nitrogens is 1. The predicted molar refractivity (Wildman–Crippen MR) is 123 cm³/mol.